The number of nitrogens with one attached hydrogen (secondary N) is 1. The first-order valence-electron chi connectivity index (χ1n) is 4.08. The number of carbonyl (C=O) groups excluding carboxylic acids is 2. The Labute approximate surface area is 76.1 Å². The second-order valence-electron chi connectivity index (χ2n) is 3.49. The maximum Gasteiger partial charge on any atom is 0.329 e. The van der Waals surface area contributed by atoms with Crippen molar-refractivity contribution in [3.05, 3.63) is 0 Å². The summed E-state index contributed by atoms with van der Waals surface area (Å²) < 4.78 is 4.91. The lowest BCUT2D eigenvalue weighted by atomic mass is 10.0. The number of hydrogen-bond acceptors (Lipinski definition) is 4. The largest absolute Gasteiger partial charge is 0.455 e. The molecule has 2 N–H and O–H groups in total. The van der Waals surface area contributed by atoms with Crippen LogP contribution in [0.4, 0.5) is 0 Å². The normalized spacial score (nSPS) is 32.8. The molecule has 0 aromatic carbocycles. The molecule has 2 atom stereocenters. The lowest BCUT2D eigenvalue weighted by Crippen LogP contribution is -2.37. The summed E-state index contributed by atoms with van der Waals surface area (Å²) in [5, 5.41) is 11.4. The van der Waals surface area contributed by atoms with Crippen LogP contribution < -0.4 is 5.32 Å². The summed E-state index contributed by atoms with van der Waals surface area (Å²) in [7, 11) is 0. The summed E-state index contributed by atoms with van der Waals surface area (Å²) in [6, 6.07) is -0.616. The van der Waals surface area contributed by atoms with E-state index in [2.05, 4.69) is 5.32 Å². The van der Waals surface area contributed by atoms with Crippen molar-refractivity contribution in [2.24, 2.45) is 0 Å². The van der Waals surface area contributed by atoms with E-state index < -0.39 is 17.6 Å². The van der Waals surface area contributed by atoms with Gasteiger partial charge in [-0.25, -0.2) is 4.79 Å². The van der Waals surface area contributed by atoms with Crippen molar-refractivity contribution in [3.63, 3.8) is 0 Å². The maximum absolute atomic E-state index is 11.1. The minimum atomic E-state index is -0.843. The first-order chi connectivity index (χ1) is 5.97. The number of aliphatic hydroxyl groups is 1. The summed E-state index contributed by atoms with van der Waals surface area (Å²) in [6.07, 6.45) is 0.321. The first kappa shape index (κ1) is 9.98. The van der Waals surface area contributed by atoms with Crippen LogP contribution in [0.2, 0.25) is 0 Å². The van der Waals surface area contributed by atoms with Gasteiger partial charge in [-0.2, -0.15) is 0 Å². The van der Waals surface area contributed by atoms with E-state index in [-0.39, 0.29) is 12.5 Å². The van der Waals surface area contributed by atoms with Gasteiger partial charge in [-0.3, -0.25) is 4.79 Å². The molecule has 13 heavy (non-hydrogen) atoms. The highest BCUT2D eigenvalue weighted by atomic mass is 16.6. The van der Waals surface area contributed by atoms with Crippen molar-refractivity contribution >= 4 is 11.9 Å². The van der Waals surface area contributed by atoms with Crippen molar-refractivity contribution in [1.29, 1.82) is 0 Å². The van der Waals surface area contributed by atoms with Crippen molar-refractivity contribution < 1.29 is 19.4 Å². The van der Waals surface area contributed by atoms with Gasteiger partial charge in [0, 0.05) is 13.3 Å². The third-order valence-corrected chi connectivity index (χ3v) is 1.98. The van der Waals surface area contributed by atoms with Gasteiger partial charge >= 0.3 is 5.97 Å². The van der Waals surface area contributed by atoms with Gasteiger partial charge in [0.1, 0.15) is 11.6 Å². The molecular weight excluding hydrogens is 174 g/mol. The zero-order valence-electron chi connectivity index (χ0n) is 7.66. The average molecular weight is 187 g/mol. The van der Waals surface area contributed by atoms with Crippen molar-refractivity contribution in [3.8, 4) is 0 Å². The molecule has 0 unspecified atom stereocenters. The van der Waals surface area contributed by atoms with Crippen LogP contribution in [0.3, 0.4) is 0 Å². The van der Waals surface area contributed by atoms with Crippen LogP contribution in [0.25, 0.3) is 0 Å². The second-order valence-corrected chi connectivity index (χ2v) is 3.49. The molecular formula is C8H13NO4. The Bertz CT molecular complexity index is 240. The van der Waals surface area contributed by atoms with E-state index in [4.69, 9.17) is 9.84 Å². The van der Waals surface area contributed by atoms with Crippen molar-refractivity contribution in [2.45, 2.75) is 31.9 Å². The van der Waals surface area contributed by atoms with E-state index in [9.17, 15) is 9.59 Å². The molecule has 0 aromatic heterocycles. The maximum atomic E-state index is 11.1. The monoisotopic (exact) mass is 187 g/mol. The highest BCUT2D eigenvalue weighted by Gasteiger charge is 2.43. The number of ether oxygens (including phenoxy) is 1. The number of amides is 1. The van der Waals surface area contributed by atoms with Crippen molar-refractivity contribution in [1.82, 2.24) is 5.32 Å². The molecule has 5 heteroatoms. The Kier molecular flexibility index (Phi) is 2.56. The zero-order chi connectivity index (χ0) is 10.1. The highest BCUT2D eigenvalue weighted by molar-refractivity contribution is 5.84. The minimum Gasteiger partial charge on any atom is -0.455 e. The molecule has 1 saturated heterocycles. The average Bonchev–Trinajstić information content (AvgIpc) is 2.27. The Morgan fingerprint density at radius 3 is 2.85 bits per heavy atom. The van der Waals surface area contributed by atoms with Gasteiger partial charge < -0.3 is 15.2 Å². The molecule has 1 rings (SSSR count). The Morgan fingerprint density at radius 2 is 2.46 bits per heavy atom. The van der Waals surface area contributed by atoms with Crippen LogP contribution in [0.5, 0.6) is 0 Å². The Balaban J connectivity index is 2.61. The molecule has 0 aliphatic carbocycles. The van der Waals surface area contributed by atoms with Gasteiger partial charge in [-0.1, -0.05) is 0 Å². The Morgan fingerprint density at radius 1 is 1.85 bits per heavy atom. The molecule has 0 aromatic rings. The van der Waals surface area contributed by atoms with Gasteiger partial charge in [0.2, 0.25) is 5.91 Å². The number of hydrogen-bond donors (Lipinski definition) is 2. The van der Waals surface area contributed by atoms with E-state index in [0.717, 1.165) is 0 Å². The van der Waals surface area contributed by atoms with Crippen molar-refractivity contribution in [2.75, 3.05) is 6.61 Å². The van der Waals surface area contributed by atoms with E-state index in [0.29, 0.717) is 6.42 Å². The molecule has 1 aliphatic rings. The van der Waals surface area contributed by atoms with Gasteiger partial charge in [0.05, 0.1) is 6.61 Å². The lowest BCUT2D eigenvalue weighted by molar-refractivity contribution is -0.151. The predicted octanol–water partition coefficient (Wildman–Crippen LogP) is -0.811. The number of carbonyl (C=O) groups is 2. The van der Waals surface area contributed by atoms with Gasteiger partial charge in [0.25, 0.3) is 0 Å². The number of rotatable bonds is 2. The lowest BCUT2D eigenvalue weighted by Gasteiger charge is -2.18. The van der Waals surface area contributed by atoms with E-state index in [1.54, 1.807) is 6.92 Å². The molecule has 0 spiro atoms. The van der Waals surface area contributed by atoms with Crippen LogP contribution >= 0.6 is 0 Å². The topological polar surface area (TPSA) is 75.6 Å². The fourth-order valence-electron chi connectivity index (χ4n) is 1.32. The van der Waals surface area contributed by atoms with Crippen LogP contribution in [0, 0.1) is 0 Å². The van der Waals surface area contributed by atoms with Gasteiger partial charge in [-0.05, 0) is 6.92 Å². The zero-order valence-corrected chi connectivity index (χ0v) is 7.66. The van der Waals surface area contributed by atoms with E-state index in [1.165, 1.54) is 6.92 Å². The third-order valence-electron chi connectivity index (χ3n) is 1.98. The van der Waals surface area contributed by atoms with Gasteiger partial charge in [0.15, 0.2) is 0 Å². The molecule has 1 aliphatic heterocycles. The number of esters is 1. The predicted molar refractivity (Wildman–Crippen MR) is 43.8 cm³/mol. The molecule has 1 fully saturated rings. The fraction of sp³-hybridized carbons (Fsp3) is 0.750. The highest BCUT2D eigenvalue weighted by Crippen LogP contribution is 2.25. The van der Waals surface area contributed by atoms with Crippen LogP contribution in [0.1, 0.15) is 20.3 Å². The third kappa shape index (κ3) is 2.18. The summed E-state index contributed by atoms with van der Waals surface area (Å²) >= 11 is 0. The standard InChI is InChI=1S/C8H13NO4/c1-5(11)9-6-3-8(2,4-10)13-7(6)12/h6,10H,3-4H2,1-2H3,(H,9,11)/t6-,8+/m0/s1. The Hall–Kier alpha value is -1.10. The summed E-state index contributed by atoms with van der Waals surface area (Å²) in [4.78, 5) is 21.8. The van der Waals surface area contributed by atoms with E-state index in [1.807, 2.05) is 0 Å². The number of cyclic esters (lactones) is 1. The van der Waals surface area contributed by atoms with E-state index >= 15 is 0 Å². The first-order valence-corrected chi connectivity index (χ1v) is 4.08. The summed E-state index contributed by atoms with van der Waals surface area (Å²) in [5.41, 5.74) is -0.843. The quantitative estimate of drug-likeness (QED) is 0.554. The number of aliphatic hydroxyl groups excluding tert-OH is 1. The SMILES string of the molecule is CC(=O)N[C@H]1C[C@](C)(CO)OC1=O. The molecule has 1 heterocycles. The summed E-state index contributed by atoms with van der Waals surface area (Å²) in [5.74, 6) is -0.754. The molecule has 5 nitrogen and oxygen atoms in total. The summed E-state index contributed by atoms with van der Waals surface area (Å²) in [6.45, 7) is 2.74. The molecule has 0 saturated carbocycles. The van der Waals surface area contributed by atoms with Crippen LogP contribution in [-0.2, 0) is 14.3 Å². The molecule has 0 radical (unpaired) electrons. The van der Waals surface area contributed by atoms with Crippen LogP contribution in [0.15, 0.2) is 0 Å². The smallest absolute Gasteiger partial charge is 0.329 e. The van der Waals surface area contributed by atoms with Crippen LogP contribution in [-0.4, -0.2) is 35.2 Å². The molecule has 74 valence electrons. The minimum absolute atomic E-state index is 0.227. The molecule has 0 bridgehead atoms. The fourth-order valence-corrected chi connectivity index (χ4v) is 1.32. The second kappa shape index (κ2) is 3.33. The molecule has 1 amide bonds. The van der Waals surface area contributed by atoms with Gasteiger partial charge in [-0.15, -0.1) is 0 Å².